The number of carbonyl (C=O) groups is 4. The minimum Gasteiger partial charge on any atom is -0.329 e. The van der Waals surface area contributed by atoms with E-state index < -0.39 is 0 Å². The lowest BCUT2D eigenvalue weighted by Crippen LogP contribution is -2.34. The molecule has 0 spiro atoms. The van der Waals surface area contributed by atoms with E-state index in [0.29, 0.717) is 26.2 Å². The zero-order chi connectivity index (χ0) is 15.1. The third-order valence-electron chi connectivity index (χ3n) is 2.51. The van der Waals surface area contributed by atoms with Gasteiger partial charge in [-0.15, -0.1) is 0 Å². The number of nitrogens with zero attached hydrogens (tertiary/aromatic N) is 2. The molecule has 0 atom stereocenters. The quantitative estimate of drug-likeness (QED) is 0.560. The van der Waals surface area contributed by atoms with Crippen molar-refractivity contribution in [2.24, 2.45) is 11.5 Å². The summed E-state index contributed by atoms with van der Waals surface area (Å²) in [5.74, 6) is -1.07. The topological polar surface area (TPSA) is 127 Å². The number of carbonyl (C=O) groups excluding carboxylic acids is 4. The van der Waals surface area contributed by atoms with Crippen molar-refractivity contribution in [2.45, 2.75) is 0 Å². The van der Waals surface area contributed by atoms with Crippen LogP contribution in [-0.2, 0) is 19.2 Å². The van der Waals surface area contributed by atoms with E-state index in [-0.39, 0.29) is 23.6 Å². The molecule has 2 rings (SSSR count). The number of amides is 4. The Kier molecular flexibility index (Phi) is 5.75. The average molecular weight is 280 g/mol. The monoisotopic (exact) mass is 280 g/mol. The molecule has 0 unspecified atom stereocenters. The maximum Gasteiger partial charge on any atom is 0.253 e. The van der Waals surface area contributed by atoms with E-state index in [9.17, 15) is 19.2 Å². The number of imide groups is 2. The number of rotatable bonds is 4. The molecule has 0 saturated carbocycles. The predicted molar refractivity (Wildman–Crippen MR) is 69.8 cm³/mol. The summed E-state index contributed by atoms with van der Waals surface area (Å²) in [7, 11) is 0. The molecule has 2 heterocycles. The molecule has 4 amide bonds. The molecule has 0 aromatic rings. The summed E-state index contributed by atoms with van der Waals surface area (Å²) >= 11 is 0. The highest BCUT2D eigenvalue weighted by Crippen LogP contribution is 2.01. The molecule has 0 radical (unpaired) electrons. The number of hydrogen-bond donors (Lipinski definition) is 2. The minimum absolute atomic E-state index is 0.268. The molecular formula is C12H16N4O4. The maximum atomic E-state index is 10.7. The Morgan fingerprint density at radius 1 is 0.650 bits per heavy atom. The van der Waals surface area contributed by atoms with Gasteiger partial charge in [-0.2, -0.15) is 0 Å². The molecule has 4 N–H and O–H groups in total. The largest absolute Gasteiger partial charge is 0.329 e. The molecule has 0 bridgehead atoms. The lowest BCUT2D eigenvalue weighted by Gasteiger charge is -2.10. The third-order valence-corrected chi connectivity index (χ3v) is 2.51. The summed E-state index contributed by atoms with van der Waals surface area (Å²) in [5.41, 5.74) is 10.3. The second-order valence-corrected chi connectivity index (χ2v) is 3.90. The van der Waals surface area contributed by atoms with Gasteiger partial charge in [-0.05, 0) is 0 Å². The van der Waals surface area contributed by atoms with E-state index in [4.69, 9.17) is 11.5 Å². The van der Waals surface area contributed by atoms with Crippen LogP contribution >= 0.6 is 0 Å². The Balaban J connectivity index is 0.000000200. The molecule has 0 fully saturated rings. The van der Waals surface area contributed by atoms with Crippen molar-refractivity contribution in [3.8, 4) is 0 Å². The Morgan fingerprint density at radius 3 is 1.10 bits per heavy atom. The SMILES string of the molecule is NCCN1C(=O)C=CC1=O.NCCN1C(=O)C=CC1=O. The predicted octanol–water partition coefficient (Wildman–Crippen LogP) is -2.26. The van der Waals surface area contributed by atoms with E-state index in [1.807, 2.05) is 0 Å². The van der Waals surface area contributed by atoms with Crippen molar-refractivity contribution in [3.05, 3.63) is 24.3 Å². The molecule has 8 heteroatoms. The summed E-state index contributed by atoms with van der Waals surface area (Å²) < 4.78 is 0. The highest BCUT2D eigenvalue weighted by atomic mass is 16.2. The smallest absolute Gasteiger partial charge is 0.253 e. The van der Waals surface area contributed by atoms with E-state index in [2.05, 4.69) is 0 Å². The standard InChI is InChI=1S/2C6H8N2O2/c2*7-3-4-8-5(9)1-2-6(8)10/h2*1-2H,3-4,7H2. The van der Waals surface area contributed by atoms with Gasteiger partial charge < -0.3 is 11.5 Å². The van der Waals surface area contributed by atoms with Gasteiger partial charge in [0.15, 0.2) is 0 Å². The first-order chi connectivity index (χ1) is 9.51. The molecule has 20 heavy (non-hydrogen) atoms. The minimum atomic E-state index is -0.268. The molecule has 2 aliphatic heterocycles. The fraction of sp³-hybridized carbons (Fsp3) is 0.333. The molecule has 0 saturated heterocycles. The first-order valence-electron chi connectivity index (χ1n) is 5.98. The van der Waals surface area contributed by atoms with Crippen molar-refractivity contribution in [1.29, 1.82) is 0 Å². The van der Waals surface area contributed by atoms with Gasteiger partial charge >= 0.3 is 0 Å². The highest BCUT2D eigenvalue weighted by molar-refractivity contribution is 6.13. The maximum absolute atomic E-state index is 10.7. The van der Waals surface area contributed by atoms with Gasteiger partial charge in [0, 0.05) is 50.5 Å². The fourth-order valence-corrected chi connectivity index (χ4v) is 1.56. The lowest BCUT2D eigenvalue weighted by molar-refractivity contribution is -0.138. The van der Waals surface area contributed by atoms with Crippen LogP contribution in [0, 0.1) is 0 Å². The first kappa shape index (κ1) is 15.7. The van der Waals surface area contributed by atoms with Crippen molar-refractivity contribution in [2.75, 3.05) is 26.2 Å². The average Bonchev–Trinajstić information content (AvgIpc) is 2.90. The van der Waals surface area contributed by atoms with Gasteiger partial charge in [-0.1, -0.05) is 0 Å². The van der Waals surface area contributed by atoms with E-state index in [0.717, 1.165) is 9.80 Å². The van der Waals surface area contributed by atoms with Gasteiger partial charge in [0.1, 0.15) is 0 Å². The van der Waals surface area contributed by atoms with E-state index in [1.165, 1.54) is 24.3 Å². The van der Waals surface area contributed by atoms with E-state index >= 15 is 0 Å². The van der Waals surface area contributed by atoms with Crippen LogP contribution in [-0.4, -0.2) is 59.6 Å². The molecule has 0 aromatic carbocycles. The van der Waals surface area contributed by atoms with Crippen LogP contribution in [0.2, 0.25) is 0 Å². The van der Waals surface area contributed by atoms with Crippen LogP contribution < -0.4 is 11.5 Å². The molecule has 2 aliphatic rings. The van der Waals surface area contributed by atoms with Crippen molar-refractivity contribution in [1.82, 2.24) is 9.80 Å². The summed E-state index contributed by atoms with van der Waals surface area (Å²) in [6, 6.07) is 0. The zero-order valence-corrected chi connectivity index (χ0v) is 10.8. The Bertz CT molecular complexity index is 404. The second kappa shape index (κ2) is 7.31. The fourth-order valence-electron chi connectivity index (χ4n) is 1.56. The van der Waals surface area contributed by atoms with Crippen molar-refractivity contribution in [3.63, 3.8) is 0 Å². The molecular weight excluding hydrogens is 264 g/mol. The Morgan fingerprint density at radius 2 is 0.900 bits per heavy atom. The van der Waals surface area contributed by atoms with Crippen LogP contribution in [0.25, 0.3) is 0 Å². The lowest BCUT2D eigenvalue weighted by atomic mass is 10.5. The molecule has 8 nitrogen and oxygen atoms in total. The third kappa shape index (κ3) is 3.84. The second-order valence-electron chi connectivity index (χ2n) is 3.90. The van der Waals surface area contributed by atoms with Crippen LogP contribution in [0.5, 0.6) is 0 Å². The van der Waals surface area contributed by atoms with Crippen molar-refractivity contribution < 1.29 is 19.2 Å². The zero-order valence-electron chi connectivity index (χ0n) is 10.8. The van der Waals surface area contributed by atoms with Gasteiger partial charge in [-0.3, -0.25) is 29.0 Å². The summed E-state index contributed by atoms with van der Waals surface area (Å²) in [4.78, 5) is 45.2. The molecule has 0 aliphatic carbocycles. The molecule has 0 aromatic heterocycles. The summed E-state index contributed by atoms with van der Waals surface area (Å²) in [5, 5.41) is 0. The Labute approximate surface area is 115 Å². The first-order valence-corrected chi connectivity index (χ1v) is 5.98. The Hall–Kier alpha value is -2.32. The number of nitrogens with two attached hydrogens (primary N) is 2. The van der Waals surface area contributed by atoms with Crippen LogP contribution in [0.4, 0.5) is 0 Å². The van der Waals surface area contributed by atoms with Crippen molar-refractivity contribution >= 4 is 23.6 Å². The van der Waals surface area contributed by atoms with Gasteiger partial charge in [0.05, 0.1) is 0 Å². The van der Waals surface area contributed by atoms with E-state index in [1.54, 1.807) is 0 Å². The van der Waals surface area contributed by atoms with Gasteiger partial charge in [0.2, 0.25) is 0 Å². The normalized spacial score (nSPS) is 17.1. The van der Waals surface area contributed by atoms with Gasteiger partial charge in [0.25, 0.3) is 23.6 Å². The molecule has 108 valence electrons. The van der Waals surface area contributed by atoms with Gasteiger partial charge in [-0.25, -0.2) is 0 Å². The van der Waals surface area contributed by atoms with Crippen LogP contribution in [0.3, 0.4) is 0 Å². The van der Waals surface area contributed by atoms with Crippen LogP contribution in [0.15, 0.2) is 24.3 Å². The number of hydrogen-bond acceptors (Lipinski definition) is 6. The summed E-state index contributed by atoms with van der Waals surface area (Å²) in [6.07, 6.45) is 4.99. The van der Waals surface area contributed by atoms with Crippen LogP contribution in [0.1, 0.15) is 0 Å². The highest BCUT2D eigenvalue weighted by Gasteiger charge is 2.22. The summed E-state index contributed by atoms with van der Waals surface area (Å²) in [6.45, 7) is 1.26.